The van der Waals surface area contributed by atoms with E-state index in [0.717, 1.165) is 37.3 Å². The minimum absolute atomic E-state index is 0.293. The van der Waals surface area contributed by atoms with Crippen LogP contribution in [0.1, 0.15) is 12.8 Å². The van der Waals surface area contributed by atoms with Gasteiger partial charge >= 0.3 is 0 Å². The van der Waals surface area contributed by atoms with Crippen LogP contribution in [0.15, 0.2) is 18.5 Å². The molecule has 2 aliphatic heterocycles. The van der Waals surface area contributed by atoms with Crippen LogP contribution in [0.2, 0.25) is 0 Å². The minimum atomic E-state index is 0.293. The van der Waals surface area contributed by atoms with Gasteiger partial charge < -0.3 is 10.6 Å². The van der Waals surface area contributed by atoms with Gasteiger partial charge in [0.25, 0.3) is 0 Å². The topological polar surface area (TPSA) is 75.4 Å². The number of hydrogen-bond acceptors (Lipinski definition) is 6. The van der Waals surface area contributed by atoms with Gasteiger partial charge in [-0.15, -0.1) is 0 Å². The van der Waals surface area contributed by atoms with E-state index in [1.54, 1.807) is 12.4 Å². The molecule has 1 aromatic heterocycles. The highest BCUT2D eigenvalue weighted by molar-refractivity contribution is 5.66. The number of piperidine rings is 1. The summed E-state index contributed by atoms with van der Waals surface area (Å²) >= 11 is 0. The molecule has 3 heterocycles. The molecule has 0 saturated carbocycles. The molecule has 1 aromatic rings. The van der Waals surface area contributed by atoms with Gasteiger partial charge in [0.2, 0.25) is 0 Å². The van der Waals surface area contributed by atoms with Gasteiger partial charge in [-0.05, 0) is 24.8 Å². The summed E-state index contributed by atoms with van der Waals surface area (Å²) in [7, 11) is 0. The van der Waals surface area contributed by atoms with E-state index in [1.165, 1.54) is 0 Å². The summed E-state index contributed by atoms with van der Waals surface area (Å²) in [5.41, 5.74) is 10.9. The lowest BCUT2D eigenvalue weighted by atomic mass is 9.93. The van der Waals surface area contributed by atoms with Gasteiger partial charge in [0.1, 0.15) is 6.73 Å². The fourth-order valence-electron chi connectivity index (χ4n) is 2.73. The Morgan fingerprint density at radius 3 is 2.89 bits per heavy atom. The van der Waals surface area contributed by atoms with E-state index in [9.17, 15) is 0 Å². The molecule has 0 amide bonds. The maximum absolute atomic E-state index is 5.96. The third-order valence-corrected chi connectivity index (χ3v) is 3.77. The normalized spacial score (nSPS) is 25.6. The van der Waals surface area contributed by atoms with E-state index in [-0.39, 0.29) is 0 Å². The SMILES string of the molecule is Nc1cnccc1N1CCC(C2NCON2)CC1. The van der Waals surface area contributed by atoms with Crippen molar-refractivity contribution in [3.63, 3.8) is 0 Å². The molecular formula is C12H19N5O. The average Bonchev–Trinajstić information content (AvgIpc) is 2.94. The monoisotopic (exact) mass is 249 g/mol. The summed E-state index contributed by atoms with van der Waals surface area (Å²) < 4.78 is 0. The number of rotatable bonds is 2. The van der Waals surface area contributed by atoms with Gasteiger partial charge in [0.05, 0.1) is 23.7 Å². The van der Waals surface area contributed by atoms with Crippen LogP contribution in [-0.4, -0.2) is 31.0 Å². The van der Waals surface area contributed by atoms with Crippen LogP contribution in [0.4, 0.5) is 11.4 Å². The number of nitrogen functional groups attached to an aromatic ring is 1. The van der Waals surface area contributed by atoms with Crippen molar-refractivity contribution < 1.29 is 4.84 Å². The Morgan fingerprint density at radius 2 is 2.22 bits per heavy atom. The van der Waals surface area contributed by atoms with Gasteiger partial charge in [0.15, 0.2) is 0 Å². The molecule has 6 heteroatoms. The maximum atomic E-state index is 5.96. The third kappa shape index (κ3) is 2.27. The first-order chi connectivity index (χ1) is 8.84. The summed E-state index contributed by atoms with van der Waals surface area (Å²) in [6.07, 6.45) is 6.08. The summed E-state index contributed by atoms with van der Waals surface area (Å²) in [5.74, 6) is 0.617. The number of anilines is 2. The molecule has 0 spiro atoms. The zero-order valence-electron chi connectivity index (χ0n) is 10.3. The first-order valence-corrected chi connectivity index (χ1v) is 6.40. The van der Waals surface area contributed by atoms with Crippen molar-refractivity contribution >= 4 is 11.4 Å². The zero-order valence-corrected chi connectivity index (χ0v) is 10.3. The van der Waals surface area contributed by atoms with Crippen LogP contribution >= 0.6 is 0 Å². The third-order valence-electron chi connectivity index (χ3n) is 3.77. The van der Waals surface area contributed by atoms with E-state index in [0.29, 0.717) is 18.8 Å². The Labute approximate surface area is 106 Å². The molecule has 2 fully saturated rings. The highest BCUT2D eigenvalue weighted by Crippen LogP contribution is 2.28. The van der Waals surface area contributed by atoms with Crippen molar-refractivity contribution in [3.8, 4) is 0 Å². The summed E-state index contributed by atoms with van der Waals surface area (Å²) in [6.45, 7) is 2.65. The second-order valence-corrected chi connectivity index (χ2v) is 4.85. The number of aromatic nitrogens is 1. The molecule has 18 heavy (non-hydrogen) atoms. The van der Waals surface area contributed by atoms with E-state index in [2.05, 4.69) is 20.7 Å². The van der Waals surface area contributed by atoms with Crippen molar-refractivity contribution in [1.29, 1.82) is 0 Å². The second kappa shape index (κ2) is 5.09. The molecule has 1 unspecified atom stereocenters. The van der Waals surface area contributed by atoms with Crippen molar-refractivity contribution in [3.05, 3.63) is 18.5 Å². The number of pyridine rings is 1. The molecule has 0 aliphatic carbocycles. The first kappa shape index (κ1) is 11.7. The Morgan fingerprint density at radius 1 is 1.39 bits per heavy atom. The Hall–Kier alpha value is -1.37. The van der Waals surface area contributed by atoms with E-state index >= 15 is 0 Å². The van der Waals surface area contributed by atoms with Crippen LogP contribution in [0.25, 0.3) is 0 Å². The molecular weight excluding hydrogens is 230 g/mol. The molecule has 98 valence electrons. The average molecular weight is 249 g/mol. The van der Waals surface area contributed by atoms with Crippen molar-refractivity contribution in [2.75, 3.05) is 30.5 Å². The fraction of sp³-hybridized carbons (Fsp3) is 0.583. The molecule has 0 bridgehead atoms. The van der Waals surface area contributed by atoms with Crippen LogP contribution in [-0.2, 0) is 4.84 Å². The molecule has 4 N–H and O–H groups in total. The standard InChI is InChI=1S/C12H19N5O/c13-10-7-14-4-1-11(10)17-5-2-9(3-6-17)12-15-8-18-16-12/h1,4,7,9,12,15-16H,2-3,5-6,8,13H2. The van der Waals surface area contributed by atoms with E-state index < -0.39 is 0 Å². The van der Waals surface area contributed by atoms with Crippen LogP contribution in [0.3, 0.4) is 0 Å². The lowest BCUT2D eigenvalue weighted by molar-refractivity contribution is 0.0743. The van der Waals surface area contributed by atoms with Crippen LogP contribution in [0, 0.1) is 5.92 Å². The largest absolute Gasteiger partial charge is 0.396 e. The van der Waals surface area contributed by atoms with Gasteiger partial charge in [-0.2, -0.15) is 5.48 Å². The summed E-state index contributed by atoms with van der Waals surface area (Å²) in [5, 5.41) is 3.31. The number of nitrogens with zero attached hydrogens (tertiary/aromatic N) is 2. The van der Waals surface area contributed by atoms with E-state index in [4.69, 9.17) is 10.6 Å². The highest BCUT2D eigenvalue weighted by atomic mass is 16.7. The fourth-order valence-corrected chi connectivity index (χ4v) is 2.73. The lowest BCUT2D eigenvalue weighted by Crippen LogP contribution is -2.45. The molecule has 2 saturated heterocycles. The predicted molar refractivity (Wildman–Crippen MR) is 69.6 cm³/mol. The quantitative estimate of drug-likeness (QED) is 0.699. The number of nitrogens with two attached hydrogens (primary N) is 1. The molecule has 3 rings (SSSR count). The molecule has 0 radical (unpaired) electrons. The minimum Gasteiger partial charge on any atom is -0.396 e. The molecule has 6 nitrogen and oxygen atoms in total. The van der Waals surface area contributed by atoms with Crippen molar-refractivity contribution in [2.24, 2.45) is 5.92 Å². The zero-order chi connectivity index (χ0) is 12.4. The molecule has 1 atom stereocenters. The maximum Gasteiger partial charge on any atom is 0.120 e. The molecule has 2 aliphatic rings. The number of hydroxylamine groups is 1. The van der Waals surface area contributed by atoms with Gasteiger partial charge in [0, 0.05) is 19.3 Å². The summed E-state index contributed by atoms with van der Waals surface area (Å²) in [6, 6.07) is 1.99. The van der Waals surface area contributed by atoms with Gasteiger partial charge in [-0.3, -0.25) is 15.1 Å². The summed E-state index contributed by atoms with van der Waals surface area (Å²) in [4.78, 5) is 11.5. The van der Waals surface area contributed by atoms with Crippen LogP contribution in [0.5, 0.6) is 0 Å². The van der Waals surface area contributed by atoms with E-state index in [1.807, 2.05) is 6.07 Å². The van der Waals surface area contributed by atoms with Gasteiger partial charge in [-0.1, -0.05) is 0 Å². The number of nitrogens with one attached hydrogen (secondary N) is 2. The smallest absolute Gasteiger partial charge is 0.120 e. The van der Waals surface area contributed by atoms with Crippen molar-refractivity contribution in [1.82, 2.24) is 15.8 Å². The first-order valence-electron chi connectivity index (χ1n) is 6.40. The predicted octanol–water partition coefficient (Wildman–Crippen LogP) is 0.288. The Kier molecular flexibility index (Phi) is 3.31. The van der Waals surface area contributed by atoms with Crippen LogP contribution < -0.4 is 21.4 Å². The van der Waals surface area contributed by atoms with Crippen molar-refractivity contribution in [2.45, 2.75) is 19.0 Å². The molecule has 0 aromatic carbocycles. The lowest BCUT2D eigenvalue weighted by Gasteiger charge is -2.36. The van der Waals surface area contributed by atoms with Gasteiger partial charge in [-0.25, -0.2) is 0 Å². The Balaban J connectivity index is 1.61. The second-order valence-electron chi connectivity index (χ2n) is 4.85. The number of hydrogen-bond donors (Lipinski definition) is 3. The highest BCUT2D eigenvalue weighted by Gasteiger charge is 2.29. The Bertz CT molecular complexity index is 399.